The normalized spacial score (nSPS) is 11.1. The minimum Gasteiger partial charge on any atom is -0.318 e. The van der Waals surface area contributed by atoms with Gasteiger partial charge in [0.1, 0.15) is 6.07 Å². The van der Waals surface area contributed by atoms with Gasteiger partial charge in [-0.15, -0.1) is 0 Å². The molecule has 5 heteroatoms. The first-order chi connectivity index (χ1) is 24.7. The van der Waals surface area contributed by atoms with E-state index in [9.17, 15) is 10.5 Å². The first-order valence-electron chi connectivity index (χ1n) is 16.3. The fourth-order valence-electron chi connectivity index (χ4n) is 7.42. The Morgan fingerprint density at radius 1 is 0.480 bits per heavy atom. The molecule has 0 fully saturated rings. The molecule has 7 aromatic carbocycles. The lowest BCUT2D eigenvalue weighted by Crippen LogP contribution is -1.99. The highest BCUT2D eigenvalue weighted by Gasteiger charge is 2.20. The molecule has 0 saturated heterocycles. The third-order valence-electron chi connectivity index (χ3n) is 9.61. The summed E-state index contributed by atoms with van der Waals surface area (Å²) in [5.41, 5.74) is 11.1. The molecule has 2 heterocycles. The molecule has 0 aliphatic carbocycles. The summed E-state index contributed by atoms with van der Waals surface area (Å²) in [5.74, 6) is 0. The number of fused-ring (bicyclic) bond motifs is 6. The second kappa shape index (κ2) is 11.4. The molecule has 0 amide bonds. The Balaban J connectivity index is 1.21. The van der Waals surface area contributed by atoms with Gasteiger partial charge in [-0.2, -0.15) is 10.5 Å². The molecule has 230 valence electrons. The van der Waals surface area contributed by atoms with E-state index in [4.69, 9.17) is 6.57 Å². The highest BCUT2D eigenvalue weighted by molar-refractivity contribution is 6.11. The van der Waals surface area contributed by atoms with E-state index in [1.807, 2.05) is 78.9 Å². The van der Waals surface area contributed by atoms with Gasteiger partial charge >= 0.3 is 0 Å². The topological polar surface area (TPSA) is 61.8 Å². The summed E-state index contributed by atoms with van der Waals surface area (Å²) in [7, 11) is 0. The molecule has 2 aromatic heterocycles. The van der Waals surface area contributed by atoms with Crippen molar-refractivity contribution in [1.29, 1.82) is 10.5 Å². The standard InChI is InChI=1S/C45H25N5/c1-48-39-16-9-15-34(45(39)50-42-18-6-2-12-35(42)36-13-3-7-19-43(36)50)32-11-8-10-30(25-32)31-21-23-40(33(26-31)28-47)49-41-17-5-4-14-37(41)38-24-29(27-46)20-22-44(38)49/h2-26H. The number of nitriles is 2. The number of nitrogens with zero attached hydrogens (tertiary/aromatic N) is 5. The molecule has 0 aliphatic heterocycles. The smallest absolute Gasteiger partial charge is 0.211 e. The number of rotatable bonds is 4. The Morgan fingerprint density at radius 3 is 1.76 bits per heavy atom. The van der Waals surface area contributed by atoms with Crippen LogP contribution in [-0.4, -0.2) is 9.13 Å². The van der Waals surface area contributed by atoms with E-state index >= 15 is 0 Å². The Kier molecular flexibility index (Phi) is 6.56. The van der Waals surface area contributed by atoms with Crippen molar-refractivity contribution in [2.24, 2.45) is 0 Å². The summed E-state index contributed by atoms with van der Waals surface area (Å²) >= 11 is 0. The third-order valence-corrected chi connectivity index (χ3v) is 9.61. The lowest BCUT2D eigenvalue weighted by atomic mass is 9.96. The summed E-state index contributed by atoms with van der Waals surface area (Å²) in [5, 5.41) is 24.3. The van der Waals surface area contributed by atoms with Crippen LogP contribution in [0.15, 0.2) is 152 Å². The fourth-order valence-corrected chi connectivity index (χ4v) is 7.42. The van der Waals surface area contributed by atoms with Crippen molar-refractivity contribution in [3.8, 4) is 45.8 Å². The van der Waals surface area contributed by atoms with Crippen LogP contribution in [0.3, 0.4) is 0 Å². The molecule has 0 radical (unpaired) electrons. The van der Waals surface area contributed by atoms with Gasteiger partial charge in [0.25, 0.3) is 0 Å². The summed E-state index contributed by atoms with van der Waals surface area (Å²) in [6.45, 7) is 8.15. The lowest BCUT2D eigenvalue weighted by Gasteiger charge is -2.17. The van der Waals surface area contributed by atoms with Crippen LogP contribution in [0.1, 0.15) is 11.1 Å². The third kappa shape index (κ3) is 4.31. The Labute approximate surface area is 288 Å². The number of aromatic nitrogens is 2. The van der Waals surface area contributed by atoms with E-state index in [0.717, 1.165) is 77.2 Å². The highest BCUT2D eigenvalue weighted by Crippen LogP contribution is 2.42. The number of para-hydroxylation sites is 4. The van der Waals surface area contributed by atoms with Crippen LogP contribution in [0.2, 0.25) is 0 Å². The minimum absolute atomic E-state index is 0.542. The van der Waals surface area contributed by atoms with E-state index in [-0.39, 0.29) is 0 Å². The summed E-state index contributed by atoms with van der Waals surface area (Å²) in [4.78, 5) is 3.99. The summed E-state index contributed by atoms with van der Waals surface area (Å²) in [6.07, 6.45) is 0. The quantitative estimate of drug-likeness (QED) is 0.181. The second-order valence-corrected chi connectivity index (χ2v) is 12.3. The average Bonchev–Trinajstić information content (AvgIpc) is 3.69. The molecule has 0 N–H and O–H groups in total. The molecule has 0 saturated carbocycles. The van der Waals surface area contributed by atoms with Crippen molar-refractivity contribution in [3.05, 3.63) is 174 Å². The molecule has 0 unspecified atom stereocenters. The Morgan fingerprint density at radius 2 is 1.08 bits per heavy atom. The summed E-state index contributed by atoms with van der Waals surface area (Å²) in [6, 6.07) is 55.4. The number of hydrogen-bond donors (Lipinski definition) is 0. The number of hydrogen-bond acceptors (Lipinski definition) is 2. The zero-order valence-electron chi connectivity index (χ0n) is 26.7. The predicted octanol–water partition coefficient (Wildman–Crippen LogP) is 11.5. The molecule has 9 aromatic rings. The SMILES string of the molecule is [C-]#[N+]c1cccc(-c2cccc(-c3ccc(-n4c5ccccc5c5cc(C#N)ccc54)c(C#N)c3)c2)c1-n1c2ccccc2c2ccccc21. The second-order valence-electron chi connectivity index (χ2n) is 12.3. The van der Waals surface area contributed by atoms with Gasteiger partial charge in [0, 0.05) is 21.5 Å². The largest absolute Gasteiger partial charge is 0.318 e. The molecule has 0 bridgehead atoms. The first-order valence-corrected chi connectivity index (χ1v) is 16.3. The first kappa shape index (κ1) is 28.8. The molecular weight excluding hydrogens is 611 g/mol. The van der Waals surface area contributed by atoms with Crippen molar-refractivity contribution in [3.63, 3.8) is 0 Å². The van der Waals surface area contributed by atoms with Gasteiger partial charge < -0.3 is 9.13 Å². The zero-order chi connectivity index (χ0) is 33.8. The molecule has 0 aliphatic rings. The van der Waals surface area contributed by atoms with Gasteiger partial charge in [-0.25, -0.2) is 4.85 Å². The van der Waals surface area contributed by atoms with Crippen LogP contribution in [-0.2, 0) is 0 Å². The predicted molar refractivity (Wildman–Crippen MR) is 202 cm³/mol. The van der Waals surface area contributed by atoms with Crippen LogP contribution in [0.4, 0.5) is 5.69 Å². The van der Waals surface area contributed by atoms with Crippen molar-refractivity contribution < 1.29 is 0 Å². The van der Waals surface area contributed by atoms with Crippen LogP contribution >= 0.6 is 0 Å². The van der Waals surface area contributed by atoms with Gasteiger partial charge in [-0.1, -0.05) is 97.1 Å². The molecule has 50 heavy (non-hydrogen) atoms. The number of benzene rings is 7. The molecule has 0 spiro atoms. The van der Waals surface area contributed by atoms with Gasteiger partial charge in [-0.3, -0.25) is 0 Å². The zero-order valence-corrected chi connectivity index (χ0v) is 26.7. The Bertz CT molecular complexity index is 2920. The van der Waals surface area contributed by atoms with Crippen molar-refractivity contribution >= 4 is 49.3 Å². The lowest BCUT2D eigenvalue weighted by molar-refractivity contribution is 1.17. The van der Waals surface area contributed by atoms with E-state index in [0.29, 0.717) is 16.8 Å². The van der Waals surface area contributed by atoms with Crippen molar-refractivity contribution in [1.82, 2.24) is 9.13 Å². The van der Waals surface area contributed by atoms with Gasteiger partial charge in [-0.05, 0) is 76.9 Å². The molecular formula is C45H25N5. The van der Waals surface area contributed by atoms with Gasteiger partial charge in [0.2, 0.25) is 5.69 Å². The maximum atomic E-state index is 10.5. The molecule has 0 atom stereocenters. The van der Waals surface area contributed by atoms with E-state index in [1.165, 1.54) is 0 Å². The van der Waals surface area contributed by atoms with Crippen molar-refractivity contribution in [2.75, 3.05) is 0 Å². The highest BCUT2D eigenvalue weighted by atomic mass is 15.0. The maximum Gasteiger partial charge on any atom is 0.211 e. The molecule has 9 rings (SSSR count). The van der Waals surface area contributed by atoms with Gasteiger partial charge in [0.15, 0.2) is 0 Å². The molecule has 5 nitrogen and oxygen atoms in total. The van der Waals surface area contributed by atoms with Crippen LogP contribution in [0.5, 0.6) is 0 Å². The Hall–Kier alpha value is -7.39. The maximum absolute atomic E-state index is 10.5. The minimum atomic E-state index is 0.542. The average molecular weight is 636 g/mol. The van der Waals surface area contributed by atoms with Crippen molar-refractivity contribution in [2.45, 2.75) is 0 Å². The monoisotopic (exact) mass is 635 g/mol. The van der Waals surface area contributed by atoms with Crippen LogP contribution in [0.25, 0.3) is 82.1 Å². The van der Waals surface area contributed by atoms with E-state index in [2.05, 4.69) is 98.9 Å². The van der Waals surface area contributed by atoms with Gasteiger partial charge in [0.05, 0.1) is 57.2 Å². The van der Waals surface area contributed by atoms with Crippen LogP contribution in [0, 0.1) is 29.2 Å². The van der Waals surface area contributed by atoms with Crippen LogP contribution < -0.4 is 0 Å². The summed E-state index contributed by atoms with van der Waals surface area (Å²) < 4.78 is 4.33. The fraction of sp³-hybridized carbons (Fsp3) is 0. The van der Waals surface area contributed by atoms with E-state index in [1.54, 1.807) is 0 Å². The van der Waals surface area contributed by atoms with E-state index < -0.39 is 0 Å².